The van der Waals surface area contributed by atoms with Crippen LogP contribution in [-0.2, 0) is 16.0 Å². The quantitative estimate of drug-likeness (QED) is 0.615. The number of benzene rings is 2. The molecule has 6 nitrogen and oxygen atoms in total. The van der Waals surface area contributed by atoms with Crippen molar-refractivity contribution in [2.24, 2.45) is 0 Å². The Hall–Kier alpha value is -3.54. The van der Waals surface area contributed by atoms with Crippen molar-refractivity contribution >= 4 is 11.8 Å². The molecule has 3 rings (SSSR count). The average Bonchev–Trinajstić information content (AvgIpc) is 3.25. The van der Waals surface area contributed by atoms with Crippen molar-refractivity contribution in [2.45, 2.75) is 18.9 Å². The molecule has 1 atom stereocenters. The van der Waals surface area contributed by atoms with Crippen molar-refractivity contribution in [3.05, 3.63) is 78.1 Å². The molecule has 0 saturated carbocycles. The molecule has 0 unspecified atom stereocenters. The number of aryl methyl sites for hydroxylation is 1. The minimum atomic E-state index is -0.722. The van der Waals surface area contributed by atoms with Crippen LogP contribution < -0.4 is 15.4 Å². The monoisotopic (exact) mass is 392 g/mol. The number of methoxy groups -OCH3 is 1. The van der Waals surface area contributed by atoms with Crippen molar-refractivity contribution in [2.75, 3.05) is 14.2 Å². The Labute approximate surface area is 169 Å². The van der Waals surface area contributed by atoms with E-state index < -0.39 is 6.04 Å². The summed E-state index contributed by atoms with van der Waals surface area (Å²) in [6.45, 7) is 0. The van der Waals surface area contributed by atoms with Gasteiger partial charge in [-0.2, -0.15) is 0 Å². The number of amides is 2. The van der Waals surface area contributed by atoms with Crippen LogP contribution in [0.2, 0.25) is 0 Å². The third-order valence-corrected chi connectivity index (χ3v) is 4.58. The Morgan fingerprint density at radius 1 is 1.00 bits per heavy atom. The van der Waals surface area contributed by atoms with Gasteiger partial charge in [-0.25, -0.2) is 0 Å². The molecule has 0 spiro atoms. The van der Waals surface area contributed by atoms with Crippen LogP contribution >= 0.6 is 0 Å². The van der Waals surface area contributed by atoms with E-state index in [4.69, 9.17) is 9.15 Å². The Morgan fingerprint density at radius 3 is 2.38 bits per heavy atom. The maximum absolute atomic E-state index is 12.4. The molecular formula is C23H24N2O4. The molecule has 1 aromatic heterocycles. The summed E-state index contributed by atoms with van der Waals surface area (Å²) in [6.07, 6.45) is 0.660. The molecule has 2 N–H and O–H groups in total. The third kappa shape index (κ3) is 5.25. The summed E-state index contributed by atoms with van der Waals surface area (Å²) in [5, 5.41) is 5.39. The van der Waals surface area contributed by atoms with Crippen molar-refractivity contribution in [1.29, 1.82) is 0 Å². The van der Waals surface area contributed by atoms with E-state index in [-0.39, 0.29) is 18.2 Å². The number of carbonyl (C=O) groups is 2. The number of rotatable bonds is 8. The first-order valence-corrected chi connectivity index (χ1v) is 9.39. The molecule has 3 aromatic rings. The fourth-order valence-electron chi connectivity index (χ4n) is 2.98. The first-order valence-electron chi connectivity index (χ1n) is 9.39. The van der Waals surface area contributed by atoms with Crippen molar-refractivity contribution in [3.8, 4) is 17.1 Å². The van der Waals surface area contributed by atoms with Crippen LogP contribution in [0.3, 0.4) is 0 Å². The minimum absolute atomic E-state index is 0.218. The second-order valence-corrected chi connectivity index (χ2v) is 6.52. The number of hydrogen-bond donors (Lipinski definition) is 2. The Balaban J connectivity index is 1.60. The van der Waals surface area contributed by atoms with Gasteiger partial charge >= 0.3 is 0 Å². The van der Waals surface area contributed by atoms with Crippen LogP contribution in [-0.4, -0.2) is 26.0 Å². The van der Waals surface area contributed by atoms with E-state index in [1.807, 2.05) is 66.7 Å². The summed E-state index contributed by atoms with van der Waals surface area (Å²) in [5.74, 6) is 1.74. The summed E-state index contributed by atoms with van der Waals surface area (Å²) < 4.78 is 11.0. The van der Waals surface area contributed by atoms with Gasteiger partial charge in [-0.1, -0.05) is 30.3 Å². The molecule has 150 valence electrons. The van der Waals surface area contributed by atoms with Gasteiger partial charge in [-0.05, 0) is 42.0 Å². The van der Waals surface area contributed by atoms with Crippen molar-refractivity contribution in [3.63, 3.8) is 0 Å². The fraction of sp³-hybridized carbons (Fsp3) is 0.217. The maximum atomic E-state index is 12.4. The van der Waals surface area contributed by atoms with Gasteiger partial charge in [0.2, 0.25) is 11.8 Å². The Kier molecular flexibility index (Phi) is 6.68. The van der Waals surface area contributed by atoms with Gasteiger partial charge in [-0.15, -0.1) is 0 Å². The number of likely N-dealkylation sites (N-methyl/N-ethyl adjacent to an activating group) is 1. The molecule has 0 radical (unpaired) electrons. The number of ether oxygens (including phenoxy) is 1. The highest BCUT2D eigenvalue weighted by molar-refractivity contribution is 5.88. The zero-order valence-electron chi connectivity index (χ0n) is 16.5. The van der Waals surface area contributed by atoms with Gasteiger partial charge in [0.1, 0.15) is 23.3 Å². The van der Waals surface area contributed by atoms with Gasteiger partial charge in [0.15, 0.2) is 0 Å². The topological polar surface area (TPSA) is 80.6 Å². The molecule has 6 heteroatoms. The largest absolute Gasteiger partial charge is 0.497 e. The highest BCUT2D eigenvalue weighted by atomic mass is 16.5. The van der Waals surface area contributed by atoms with E-state index in [0.717, 1.165) is 22.6 Å². The normalized spacial score (nSPS) is 11.5. The maximum Gasteiger partial charge on any atom is 0.246 e. The van der Waals surface area contributed by atoms with Gasteiger partial charge in [0.05, 0.1) is 7.11 Å². The molecule has 2 amide bonds. The van der Waals surface area contributed by atoms with E-state index in [1.54, 1.807) is 14.2 Å². The van der Waals surface area contributed by atoms with E-state index in [0.29, 0.717) is 12.2 Å². The van der Waals surface area contributed by atoms with E-state index >= 15 is 0 Å². The van der Waals surface area contributed by atoms with Crippen LogP contribution in [0.4, 0.5) is 0 Å². The molecule has 1 heterocycles. The van der Waals surface area contributed by atoms with Gasteiger partial charge in [-0.3, -0.25) is 9.59 Å². The molecule has 0 aliphatic heterocycles. The van der Waals surface area contributed by atoms with Crippen LogP contribution in [0.25, 0.3) is 11.3 Å². The Bertz CT molecular complexity index is 949. The first kappa shape index (κ1) is 20.2. The van der Waals surface area contributed by atoms with Gasteiger partial charge in [0.25, 0.3) is 0 Å². The number of carbonyl (C=O) groups excluding carboxylic acids is 2. The number of furan rings is 1. The fourth-order valence-corrected chi connectivity index (χ4v) is 2.98. The summed E-state index contributed by atoms with van der Waals surface area (Å²) >= 11 is 0. The summed E-state index contributed by atoms with van der Waals surface area (Å²) in [5.41, 5.74) is 1.67. The SMILES string of the molecule is CNC(=O)[C@@H](NC(=O)CCc1ccc(-c2ccc(OC)cc2)o1)c1ccccc1. The first-order chi connectivity index (χ1) is 14.1. The molecule has 2 aromatic carbocycles. The van der Waals surface area contributed by atoms with Crippen molar-refractivity contribution < 1.29 is 18.7 Å². The molecule has 0 aliphatic carbocycles. The van der Waals surface area contributed by atoms with Crippen molar-refractivity contribution in [1.82, 2.24) is 10.6 Å². The van der Waals surface area contributed by atoms with Gasteiger partial charge < -0.3 is 19.8 Å². The second kappa shape index (κ2) is 9.59. The van der Waals surface area contributed by atoms with E-state index in [9.17, 15) is 9.59 Å². The lowest BCUT2D eigenvalue weighted by molar-refractivity contribution is -0.128. The predicted octanol–water partition coefficient (Wildman–Crippen LogP) is 3.49. The number of nitrogens with one attached hydrogen (secondary N) is 2. The Morgan fingerprint density at radius 2 is 1.72 bits per heavy atom. The standard InChI is InChI=1S/C23H24N2O4/c1-24-23(27)22(17-6-4-3-5-7-17)25-21(26)15-13-19-12-14-20(29-19)16-8-10-18(28-2)11-9-16/h3-12,14,22H,13,15H2,1-2H3,(H,24,27)(H,25,26)/t22-/m0/s1. The average molecular weight is 392 g/mol. The minimum Gasteiger partial charge on any atom is -0.497 e. The van der Waals surface area contributed by atoms with Crippen LogP contribution in [0.15, 0.2) is 71.1 Å². The summed E-state index contributed by atoms with van der Waals surface area (Å²) in [4.78, 5) is 24.6. The number of hydrogen-bond acceptors (Lipinski definition) is 4. The molecule has 0 fully saturated rings. The highest BCUT2D eigenvalue weighted by Crippen LogP contribution is 2.25. The molecular weight excluding hydrogens is 368 g/mol. The molecule has 0 bridgehead atoms. The third-order valence-electron chi connectivity index (χ3n) is 4.58. The van der Waals surface area contributed by atoms with Gasteiger partial charge in [0, 0.05) is 25.5 Å². The molecule has 0 saturated heterocycles. The molecule has 29 heavy (non-hydrogen) atoms. The summed E-state index contributed by atoms with van der Waals surface area (Å²) in [6, 6.07) is 19.8. The zero-order valence-corrected chi connectivity index (χ0v) is 16.5. The lowest BCUT2D eigenvalue weighted by Gasteiger charge is -2.17. The van der Waals surface area contributed by atoms with E-state index in [1.165, 1.54) is 0 Å². The predicted molar refractivity (Wildman–Crippen MR) is 110 cm³/mol. The van der Waals surface area contributed by atoms with Crippen LogP contribution in [0, 0.1) is 0 Å². The highest BCUT2D eigenvalue weighted by Gasteiger charge is 2.21. The lowest BCUT2D eigenvalue weighted by atomic mass is 10.1. The lowest BCUT2D eigenvalue weighted by Crippen LogP contribution is -2.39. The second-order valence-electron chi connectivity index (χ2n) is 6.52. The molecule has 0 aliphatic rings. The van der Waals surface area contributed by atoms with Crippen LogP contribution in [0.1, 0.15) is 23.8 Å². The smallest absolute Gasteiger partial charge is 0.246 e. The summed E-state index contributed by atoms with van der Waals surface area (Å²) in [7, 11) is 3.17. The van der Waals surface area contributed by atoms with Crippen LogP contribution in [0.5, 0.6) is 5.75 Å². The van der Waals surface area contributed by atoms with E-state index in [2.05, 4.69) is 10.6 Å². The zero-order chi connectivity index (χ0) is 20.6.